The minimum Gasteiger partial charge on any atom is -0.350 e. The molecular weight excluding hydrogens is 366 g/mol. The fourth-order valence-corrected chi connectivity index (χ4v) is 4.93. The lowest BCUT2D eigenvalue weighted by Gasteiger charge is -2.26. The summed E-state index contributed by atoms with van der Waals surface area (Å²) in [6.07, 6.45) is 7.45. The fourth-order valence-electron chi connectivity index (χ4n) is 4.93. The number of rotatable bonds is 6. The van der Waals surface area contributed by atoms with Gasteiger partial charge in [0.1, 0.15) is 6.54 Å². The molecule has 2 aliphatic heterocycles. The highest BCUT2D eigenvalue weighted by atomic mass is 16.2. The van der Waals surface area contributed by atoms with Gasteiger partial charge in [-0.3, -0.25) is 24.2 Å². The number of nitrogens with zero attached hydrogens (tertiary/aromatic N) is 2. The van der Waals surface area contributed by atoms with E-state index in [1.807, 2.05) is 12.1 Å². The van der Waals surface area contributed by atoms with Crippen LogP contribution in [0.15, 0.2) is 24.3 Å². The standard InChI is InChI=1S/C23H31N3O3/c27-21(16-26-22(28)19-6-2-3-7-20(19)23(26)29)24-14-17-8-10-18(11-9-17)15-25-12-4-1-5-13-25/h8-11,19-20H,1-7,12-16H2,(H,24,27). The zero-order valence-corrected chi connectivity index (χ0v) is 17.1. The SMILES string of the molecule is O=C(CN1C(=O)C2CCCCC2C1=O)NCc1ccc(CN2CCCCC2)cc1. The van der Waals surface area contributed by atoms with Gasteiger partial charge >= 0.3 is 0 Å². The maximum Gasteiger partial charge on any atom is 0.240 e. The molecule has 156 valence electrons. The quantitative estimate of drug-likeness (QED) is 0.749. The number of amides is 3. The van der Waals surface area contributed by atoms with Crippen molar-refractivity contribution in [3.63, 3.8) is 0 Å². The molecule has 2 heterocycles. The molecule has 0 radical (unpaired) electrons. The molecule has 2 saturated heterocycles. The minimum atomic E-state index is -0.275. The Balaban J connectivity index is 1.25. The van der Waals surface area contributed by atoms with E-state index in [4.69, 9.17) is 0 Å². The van der Waals surface area contributed by atoms with Crippen molar-refractivity contribution in [3.05, 3.63) is 35.4 Å². The Morgan fingerprint density at radius 2 is 1.45 bits per heavy atom. The highest BCUT2D eigenvalue weighted by Gasteiger charge is 2.48. The van der Waals surface area contributed by atoms with E-state index >= 15 is 0 Å². The van der Waals surface area contributed by atoms with Crippen LogP contribution in [0, 0.1) is 11.8 Å². The Morgan fingerprint density at radius 3 is 2.07 bits per heavy atom. The van der Waals surface area contributed by atoms with E-state index in [1.54, 1.807) is 0 Å². The van der Waals surface area contributed by atoms with Crippen molar-refractivity contribution >= 4 is 17.7 Å². The van der Waals surface area contributed by atoms with E-state index < -0.39 is 0 Å². The molecule has 0 aromatic heterocycles. The molecule has 4 rings (SSSR count). The van der Waals surface area contributed by atoms with E-state index in [1.165, 1.54) is 42.8 Å². The van der Waals surface area contributed by atoms with Crippen molar-refractivity contribution in [2.24, 2.45) is 11.8 Å². The summed E-state index contributed by atoms with van der Waals surface area (Å²) in [6.45, 7) is 3.58. The number of likely N-dealkylation sites (tertiary alicyclic amines) is 2. The summed E-state index contributed by atoms with van der Waals surface area (Å²) in [4.78, 5) is 41.0. The predicted octanol–water partition coefficient (Wildman–Crippen LogP) is 2.46. The van der Waals surface area contributed by atoms with Crippen molar-refractivity contribution in [2.45, 2.75) is 58.0 Å². The molecule has 2 unspecified atom stereocenters. The first-order valence-corrected chi connectivity index (χ1v) is 11.0. The van der Waals surface area contributed by atoms with Crippen LogP contribution in [0.1, 0.15) is 56.1 Å². The fraction of sp³-hybridized carbons (Fsp3) is 0.609. The second kappa shape index (κ2) is 9.08. The van der Waals surface area contributed by atoms with E-state index in [2.05, 4.69) is 22.3 Å². The zero-order valence-electron chi connectivity index (χ0n) is 17.1. The number of hydrogen-bond acceptors (Lipinski definition) is 4. The van der Waals surface area contributed by atoms with Gasteiger partial charge in [-0.15, -0.1) is 0 Å². The monoisotopic (exact) mass is 397 g/mol. The molecule has 3 fully saturated rings. The summed E-state index contributed by atoms with van der Waals surface area (Å²) in [6, 6.07) is 8.32. The zero-order chi connectivity index (χ0) is 20.2. The molecule has 29 heavy (non-hydrogen) atoms. The summed E-state index contributed by atoms with van der Waals surface area (Å²) >= 11 is 0. The van der Waals surface area contributed by atoms with Crippen molar-refractivity contribution < 1.29 is 14.4 Å². The molecule has 6 nitrogen and oxygen atoms in total. The second-order valence-electron chi connectivity index (χ2n) is 8.69. The number of carbonyl (C=O) groups excluding carboxylic acids is 3. The van der Waals surface area contributed by atoms with E-state index in [-0.39, 0.29) is 36.1 Å². The second-order valence-corrected chi connectivity index (χ2v) is 8.69. The lowest BCUT2D eigenvalue weighted by atomic mass is 9.81. The summed E-state index contributed by atoms with van der Waals surface area (Å²) in [5.74, 6) is -0.982. The normalized spacial score (nSPS) is 25.2. The molecule has 2 atom stereocenters. The maximum atomic E-state index is 12.5. The maximum absolute atomic E-state index is 12.5. The van der Waals surface area contributed by atoms with Crippen LogP contribution in [0.2, 0.25) is 0 Å². The number of nitrogens with one attached hydrogen (secondary N) is 1. The third-order valence-electron chi connectivity index (χ3n) is 6.60. The van der Waals surface area contributed by atoms with Gasteiger partial charge in [-0.25, -0.2) is 0 Å². The van der Waals surface area contributed by atoms with Crippen LogP contribution in [0.3, 0.4) is 0 Å². The predicted molar refractivity (Wildman–Crippen MR) is 110 cm³/mol. The van der Waals surface area contributed by atoms with Gasteiger partial charge in [-0.05, 0) is 49.9 Å². The molecule has 1 saturated carbocycles. The lowest BCUT2D eigenvalue weighted by molar-refractivity contribution is -0.143. The number of hydrogen-bond donors (Lipinski definition) is 1. The smallest absolute Gasteiger partial charge is 0.240 e. The van der Waals surface area contributed by atoms with Crippen molar-refractivity contribution in [2.75, 3.05) is 19.6 Å². The van der Waals surface area contributed by atoms with E-state index in [0.29, 0.717) is 6.54 Å². The Bertz CT molecular complexity index is 731. The first-order chi connectivity index (χ1) is 14.1. The molecular formula is C23H31N3O3. The average Bonchev–Trinajstić information content (AvgIpc) is 2.99. The van der Waals surface area contributed by atoms with Crippen molar-refractivity contribution in [1.82, 2.24) is 15.1 Å². The van der Waals surface area contributed by atoms with Gasteiger partial charge in [0.05, 0.1) is 11.8 Å². The third-order valence-corrected chi connectivity index (χ3v) is 6.60. The molecule has 0 spiro atoms. The van der Waals surface area contributed by atoms with Gasteiger partial charge in [-0.1, -0.05) is 43.5 Å². The third kappa shape index (κ3) is 4.69. The summed E-state index contributed by atoms with van der Waals surface area (Å²) in [5, 5.41) is 2.85. The van der Waals surface area contributed by atoms with Crippen LogP contribution in [0.25, 0.3) is 0 Å². The summed E-state index contributed by atoms with van der Waals surface area (Å²) in [7, 11) is 0. The Labute approximate surface area is 172 Å². The number of imide groups is 1. The van der Waals surface area contributed by atoms with Gasteiger partial charge in [0.25, 0.3) is 0 Å². The number of fused-ring (bicyclic) bond motifs is 1. The van der Waals surface area contributed by atoms with Gasteiger partial charge in [0, 0.05) is 13.1 Å². The average molecular weight is 398 g/mol. The minimum absolute atomic E-state index is 0.155. The van der Waals surface area contributed by atoms with E-state index in [9.17, 15) is 14.4 Å². The summed E-state index contributed by atoms with van der Waals surface area (Å²) in [5.41, 5.74) is 2.31. The number of benzene rings is 1. The van der Waals surface area contributed by atoms with Crippen LogP contribution in [-0.2, 0) is 27.5 Å². The molecule has 3 amide bonds. The number of piperidine rings is 1. The van der Waals surface area contributed by atoms with Gasteiger partial charge in [0.2, 0.25) is 17.7 Å². The van der Waals surface area contributed by atoms with E-state index in [0.717, 1.165) is 37.8 Å². The number of carbonyl (C=O) groups is 3. The topological polar surface area (TPSA) is 69.7 Å². The first kappa shape index (κ1) is 20.1. The van der Waals surface area contributed by atoms with Gasteiger partial charge in [-0.2, -0.15) is 0 Å². The molecule has 6 heteroatoms. The Kier molecular flexibility index (Phi) is 6.28. The highest BCUT2D eigenvalue weighted by molar-refractivity contribution is 6.07. The van der Waals surface area contributed by atoms with Crippen molar-refractivity contribution in [1.29, 1.82) is 0 Å². The van der Waals surface area contributed by atoms with Crippen LogP contribution in [-0.4, -0.2) is 47.2 Å². The molecule has 0 bridgehead atoms. The molecule has 1 N–H and O–H groups in total. The van der Waals surface area contributed by atoms with Gasteiger partial charge < -0.3 is 5.32 Å². The largest absolute Gasteiger partial charge is 0.350 e. The highest BCUT2D eigenvalue weighted by Crippen LogP contribution is 2.37. The lowest BCUT2D eigenvalue weighted by Crippen LogP contribution is -2.40. The Morgan fingerprint density at radius 1 is 0.862 bits per heavy atom. The molecule has 1 aliphatic carbocycles. The molecule has 1 aromatic carbocycles. The molecule has 3 aliphatic rings. The molecule has 1 aromatic rings. The van der Waals surface area contributed by atoms with Crippen molar-refractivity contribution in [3.8, 4) is 0 Å². The van der Waals surface area contributed by atoms with Gasteiger partial charge in [0.15, 0.2) is 0 Å². The Hall–Kier alpha value is -2.21. The van der Waals surface area contributed by atoms with Crippen LogP contribution < -0.4 is 5.32 Å². The summed E-state index contributed by atoms with van der Waals surface area (Å²) < 4.78 is 0. The van der Waals surface area contributed by atoms with Crippen LogP contribution in [0.4, 0.5) is 0 Å². The van der Waals surface area contributed by atoms with Crippen LogP contribution in [0.5, 0.6) is 0 Å². The first-order valence-electron chi connectivity index (χ1n) is 11.0. The van der Waals surface area contributed by atoms with Crippen LogP contribution >= 0.6 is 0 Å².